The maximum absolute atomic E-state index is 7.21. The number of rotatable bonds is 8. The minimum absolute atomic E-state index is 0.0412. The summed E-state index contributed by atoms with van der Waals surface area (Å²) in [6, 6.07) is 25.9. The van der Waals surface area contributed by atoms with Crippen molar-refractivity contribution >= 4 is 0 Å². The molecule has 3 aromatic rings. The molecule has 4 bridgehead atoms. The number of benzene rings is 3. The second-order valence-electron chi connectivity index (χ2n) is 11.9. The number of hydrogen-bond acceptors (Lipinski definition) is 4. The Labute approximate surface area is 225 Å². The standard InChI is InChI=1S/C34H35NO3/c1-22-16-17-33(37-18-8-13-23-9-4-2-5-10-23)31-26-19-25-14-15-28(36-21-24-11-6-3-7-12-24)30-29(25)34(33,32(22)38-30)27(26)20-35-31/h2-7,9-12,14-15,26-27,31-32,35H,1,8,13,16-21H2/t26?,27?,31-,32+,33?,34?/m1/s1. The second kappa shape index (κ2) is 8.46. The Hall–Kier alpha value is -3.08. The number of aryl methyl sites for hydroxylation is 1. The summed E-state index contributed by atoms with van der Waals surface area (Å²) in [6.45, 7) is 6.91. The minimum atomic E-state index is -0.266. The fraction of sp³-hybridized carbons (Fsp3) is 0.412. The van der Waals surface area contributed by atoms with Crippen LogP contribution in [-0.4, -0.2) is 30.9 Å². The molecule has 1 spiro atoms. The summed E-state index contributed by atoms with van der Waals surface area (Å²) in [5, 5.41) is 3.93. The van der Waals surface area contributed by atoms with Crippen molar-refractivity contribution in [3.8, 4) is 11.5 Å². The summed E-state index contributed by atoms with van der Waals surface area (Å²) in [5.74, 6) is 2.89. The van der Waals surface area contributed by atoms with E-state index in [-0.39, 0.29) is 17.1 Å². The van der Waals surface area contributed by atoms with Crippen molar-refractivity contribution in [1.82, 2.24) is 5.32 Å². The monoisotopic (exact) mass is 505 g/mol. The van der Waals surface area contributed by atoms with Crippen LogP contribution in [0.15, 0.2) is 84.9 Å². The van der Waals surface area contributed by atoms with Gasteiger partial charge in [-0.3, -0.25) is 0 Å². The molecule has 1 saturated heterocycles. The maximum atomic E-state index is 7.21. The fourth-order valence-corrected chi connectivity index (χ4v) is 8.93. The van der Waals surface area contributed by atoms with Crippen molar-refractivity contribution in [3.05, 3.63) is 107 Å². The average Bonchev–Trinajstić information content (AvgIpc) is 3.59. The van der Waals surface area contributed by atoms with Gasteiger partial charge in [-0.15, -0.1) is 0 Å². The lowest BCUT2D eigenvalue weighted by Gasteiger charge is -2.57. The van der Waals surface area contributed by atoms with Crippen LogP contribution in [0.2, 0.25) is 0 Å². The van der Waals surface area contributed by atoms with E-state index in [9.17, 15) is 0 Å². The summed E-state index contributed by atoms with van der Waals surface area (Å²) in [7, 11) is 0. The summed E-state index contributed by atoms with van der Waals surface area (Å²) in [4.78, 5) is 0. The minimum Gasteiger partial charge on any atom is -0.485 e. The molecule has 194 valence electrons. The Balaban J connectivity index is 1.17. The van der Waals surface area contributed by atoms with Crippen molar-refractivity contribution < 1.29 is 14.2 Å². The first-order valence-electron chi connectivity index (χ1n) is 14.3. The molecule has 3 aliphatic carbocycles. The van der Waals surface area contributed by atoms with Crippen molar-refractivity contribution in [2.24, 2.45) is 11.8 Å². The normalized spacial score (nSPS) is 33.2. The van der Waals surface area contributed by atoms with E-state index in [1.807, 2.05) is 6.07 Å². The molecule has 4 nitrogen and oxygen atoms in total. The molecular weight excluding hydrogens is 470 g/mol. The summed E-state index contributed by atoms with van der Waals surface area (Å²) in [5.41, 5.74) is 6.12. The van der Waals surface area contributed by atoms with E-state index in [2.05, 4.69) is 78.6 Å². The first-order valence-corrected chi connectivity index (χ1v) is 14.3. The highest BCUT2D eigenvalue weighted by atomic mass is 16.5. The zero-order valence-electron chi connectivity index (χ0n) is 21.8. The van der Waals surface area contributed by atoms with E-state index < -0.39 is 0 Å². The van der Waals surface area contributed by atoms with Crippen LogP contribution in [0, 0.1) is 11.8 Å². The lowest BCUT2D eigenvalue weighted by atomic mass is 9.52. The number of hydrogen-bond donors (Lipinski definition) is 1. The van der Waals surface area contributed by atoms with Crippen LogP contribution < -0.4 is 14.8 Å². The third-order valence-corrected chi connectivity index (χ3v) is 10.3. The predicted octanol–water partition coefficient (Wildman–Crippen LogP) is 5.78. The van der Waals surface area contributed by atoms with Crippen LogP contribution in [0.25, 0.3) is 0 Å². The topological polar surface area (TPSA) is 39.7 Å². The van der Waals surface area contributed by atoms with E-state index in [4.69, 9.17) is 14.2 Å². The maximum Gasteiger partial charge on any atom is 0.166 e. The van der Waals surface area contributed by atoms with Crippen LogP contribution in [0.3, 0.4) is 0 Å². The van der Waals surface area contributed by atoms with E-state index in [1.165, 1.54) is 22.3 Å². The molecule has 0 radical (unpaired) electrons. The third-order valence-electron chi connectivity index (χ3n) is 10.3. The quantitative estimate of drug-likeness (QED) is 0.311. The molecule has 8 rings (SSSR count). The fourth-order valence-electron chi connectivity index (χ4n) is 8.93. The van der Waals surface area contributed by atoms with Gasteiger partial charge in [0.2, 0.25) is 0 Å². The molecule has 2 saturated carbocycles. The lowest BCUT2D eigenvalue weighted by Crippen LogP contribution is -2.70. The number of ether oxygens (including phenoxy) is 3. The van der Waals surface area contributed by atoms with Gasteiger partial charge in [0.05, 0.1) is 11.0 Å². The Morgan fingerprint density at radius 1 is 0.974 bits per heavy atom. The molecule has 3 aromatic carbocycles. The van der Waals surface area contributed by atoms with Gasteiger partial charge in [-0.1, -0.05) is 73.3 Å². The van der Waals surface area contributed by atoms with Gasteiger partial charge in [-0.2, -0.15) is 0 Å². The van der Waals surface area contributed by atoms with E-state index >= 15 is 0 Å². The van der Waals surface area contributed by atoms with Gasteiger partial charge in [-0.05, 0) is 78.8 Å². The highest BCUT2D eigenvalue weighted by Gasteiger charge is 2.81. The molecule has 38 heavy (non-hydrogen) atoms. The highest BCUT2D eigenvalue weighted by Crippen LogP contribution is 2.73. The van der Waals surface area contributed by atoms with E-state index in [0.717, 1.165) is 62.3 Å². The zero-order chi connectivity index (χ0) is 25.3. The zero-order valence-corrected chi connectivity index (χ0v) is 21.8. The van der Waals surface area contributed by atoms with E-state index in [1.54, 1.807) is 0 Å². The van der Waals surface area contributed by atoms with E-state index in [0.29, 0.717) is 24.5 Å². The molecule has 5 aliphatic rings. The molecule has 2 heterocycles. The van der Waals surface area contributed by atoms with Gasteiger partial charge in [0.1, 0.15) is 12.7 Å². The smallest absolute Gasteiger partial charge is 0.166 e. The van der Waals surface area contributed by atoms with Crippen LogP contribution in [0.1, 0.15) is 41.5 Å². The highest BCUT2D eigenvalue weighted by molar-refractivity contribution is 5.66. The molecule has 0 aromatic heterocycles. The lowest BCUT2D eigenvalue weighted by molar-refractivity contribution is -0.151. The van der Waals surface area contributed by atoms with Crippen molar-refractivity contribution in [3.63, 3.8) is 0 Å². The largest absolute Gasteiger partial charge is 0.485 e. The SMILES string of the molecule is C=C1CCC2(OCCCc3ccccc3)[C@@H]3NCC4C3Cc3ccc(OCc5ccccc5)c5c3C42[C@H]1O5. The van der Waals surface area contributed by atoms with Crippen molar-refractivity contribution in [1.29, 1.82) is 0 Å². The number of piperidine rings is 1. The van der Waals surface area contributed by atoms with Crippen LogP contribution in [0.4, 0.5) is 0 Å². The molecule has 3 fully saturated rings. The van der Waals surface area contributed by atoms with Gasteiger partial charge < -0.3 is 19.5 Å². The molecule has 0 amide bonds. The van der Waals surface area contributed by atoms with Crippen LogP contribution >= 0.6 is 0 Å². The predicted molar refractivity (Wildman–Crippen MR) is 148 cm³/mol. The van der Waals surface area contributed by atoms with Crippen molar-refractivity contribution in [2.45, 2.75) is 61.9 Å². The Morgan fingerprint density at radius 3 is 2.58 bits per heavy atom. The van der Waals surface area contributed by atoms with Gasteiger partial charge in [0.25, 0.3) is 0 Å². The molecule has 1 N–H and O–H groups in total. The average molecular weight is 506 g/mol. The van der Waals surface area contributed by atoms with Crippen LogP contribution in [0.5, 0.6) is 11.5 Å². The summed E-state index contributed by atoms with van der Waals surface area (Å²) >= 11 is 0. The second-order valence-corrected chi connectivity index (χ2v) is 11.9. The Kier molecular flexibility index (Phi) is 5.09. The van der Waals surface area contributed by atoms with Gasteiger partial charge in [-0.25, -0.2) is 0 Å². The van der Waals surface area contributed by atoms with Crippen LogP contribution in [-0.2, 0) is 29.6 Å². The Bertz CT molecular complexity index is 1390. The molecule has 2 aliphatic heterocycles. The van der Waals surface area contributed by atoms with Gasteiger partial charge in [0.15, 0.2) is 11.5 Å². The molecule has 6 atom stereocenters. The van der Waals surface area contributed by atoms with Crippen molar-refractivity contribution in [2.75, 3.05) is 13.2 Å². The first kappa shape index (κ1) is 22.9. The summed E-state index contributed by atoms with van der Waals surface area (Å²) < 4.78 is 20.6. The Morgan fingerprint density at radius 2 is 1.76 bits per heavy atom. The summed E-state index contributed by atoms with van der Waals surface area (Å²) in [6.07, 6.45) is 5.07. The van der Waals surface area contributed by atoms with Gasteiger partial charge >= 0.3 is 0 Å². The van der Waals surface area contributed by atoms with Gasteiger partial charge in [0, 0.05) is 18.2 Å². The molecule has 4 unspecified atom stereocenters. The molecule has 4 heteroatoms. The number of fused-ring (bicyclic) bond motifs is 1. The third kappa shape index (κ3) is 2.93. The first-order chi connectivity index (χ1) is 18.7. The number of nitrogens with one attached hydrogen (secondary N) is 1. The molecular formula is C34H35NO3.